The van der Waals surface area contributed by atoms with Crippen LogP contribution in [0, 0.1) is 0 Å². The van der Waals surface area contributed by atoms with Gasteiger partial charge < -0.3 is 11.1 Å². The van der Waals surface area contributed by atoms with Gasteiger partial charge in [-0.25, -0.2) is 0 Å². The predicted molar refractivity (Wildman–Crippen MR) is 73.8 cm³/mol. The fourth-order valence-corrected chi connectivity index (χ4v) is 1.81. The molecule has 1 atom stereocenters. The lowest BCUT2D eigenvalue weighted by Crippen LogP contribution is -2.45. The second-order valence-electron chi connectivity index (χ2n) is 3.90. The van der Waals surface area contributed by atoms with Gasteiger partial charge in [-0.05, 0) is 12.1 Å². The number of carbonyl (C=O) groups excluding carboxylic acids is 2. The van der Waals surface area contributed by atoms with Gasteiger partial charge in [0, 0.05) is 11.1 Å². The zero-order valence-electron chi connectivity index (χ0n) is 9.91. The Morgan fingerprint density at radius 2 is 2.05 bits per heavy atom. The van der Waals surface area contributed by atoms with Crippen LogP contribution in [-0.4, -0.2) is 33.8 Å². The molecule has 1 aromatic carbocycles. The number of rotatable bonds is 4. The molecule has 6 nitrogen and oxygen atoms in total. The molecule has 0 aliphatic carbocycles. The van der Waals surface area contributed by atoms with E-state index < -0.39 is 17.9 Å². The molecular formula is C12H12N4O2S. The summed E-state index contributed by atoms with van der Waals surface area (Å²) in [5.74, 6) is -1.02. The van der Waals surface area contributed by atoms with Crippen LogP contribution in [0.3, 0.4) is 0 Å². The van der Waals surface area contributed by atoms with E-state index in [-0.39, 0.29) is 11.4 Å². The van der Waals surface area contributed by atoms with E-state index in [9.17, 15) is 9.59 Å². The molecule has 0 radical (unpaired) electrons. The molecule has 1 heterocycles. The van der Waals surface area contributed by atoms with Crippen LogP contribution in [0.5, 0.6) is 0 Å². The number of amides is 2. The molecule has 0 aliphatic heterocycles. The molecule has 0 unspecified atom stereocenters. The van der Waals surface area contributed by atoms with Gasteiger partial charge >= 0.3 is 0 Å². The maximum Gasteiger partial charge on any atom is 0.272 e. The highest BCUT2D eigenvalue weighted by molar-refractivity contribution is 7.80. The van der Waals surface area contributed by atoms with Crippen molar-refractivity contribution in [3.63, 3.8) is 0 Å². The first-order valence-corrected chi connectivity index (χ1v) is 6.18. The van der Waals surface area contributed by atoms with E-state index in [1.54, 1.807) is 12.1 Å². The van der Waals surface area contributed by atoms with Crippen LogP contribution in [0.15, 0.2) is 30.3 Å². The third-order valence-corrected chi connectivity index (χ3v) is 2.92. The maximum atomic E-state index is 11.9. The van der Waals surface area contributed by atoms with Gasteiger partial charge in [0.2, 0.25) is 5.91 Å². The first-order chi connectivity index (χ1) is 9.11. The number of aromatic nitrogens is 2. The largest absolute Gasteiger partial charge is 0.368 e. The number of carbonyl (C=O) groups is 2. The monoisotopic (exact) mass is 276 g/mol. The van der Waals surface area contributed by atoms with Crippen LogP contribution in [-0.2, 0) is 4.79 Å². The van der Waals surface area contributed by atoms with Gasteiger partial charge in [-0.1, -0.05) is 18.2 Å². The second kappa shape index (κ2) is 5.66. The molecule has 0 spiro atoms. The van der Waals surface area contributed by atoms with E-state index in [1.807, 2.05) is 18.2 Å². The summed E-state index contributed by atoms with van der Waals surface area (Å²) in [5.41, 5.74) is 5.95. The molecule has 7 heteroatoms. The number of hydrogen-bond acceptors (Lipinski definition) is 5. The summed E-state index contributed by atoms with van der Waals surface area (Å²) in [6.07, 6.45) is 0. The van der Waals surface area contributed by atoms with E-state index in [0.29, 0.717) is 5.52 Å². The van der Waals surface area contributed by atoms with Crippen LogP contribution in [0.4, 0.5) is 0 Å². The molecule has 2 amide bonds. The standard InChI is InChI=1S/C12H12N4O2S/c13-11(17)10(6-19)14-12(18)9-5-7-3-1-2-4-8(7)15-16-9/h1-5,10,19H,6H2,(H2,13,17)(H,14,18)/t10-/m0/s1. The molecule has 0 fully saturated rings. The minimum Gasteiger partial charge on any atom is -0.368 e. The molecule has 98 valence electrons. The molecule has 1 aromatic heterocycles. The van der Waals surface area contributed by atoms with Crippen molar-refractivity contribution in [3.05, 3.63) is 36.0 Å². The summed E-state index contributed by atoms with van der Waals surface area (Å²) in [7, 11) is 0. The molecule has 3 N–H and O–H groups in total. The lowest BCUT2D eigenvalue weighted by Gasteiger charge is -2.12. The minimum atomic E-state index is -0.830. The average molecular weight is 276 g/mol. The Morgan fingerprint density at radius 1 is 1.32 bits per heavy atom. The number of nitrogens with two attached hydrogens (primary N) is 1. The van der Waals surface area contributed by atoms with Crippen molar-refractivity contribution in [1.29, 1.82) is 0 Å². The van der Waals surface area contributed by atoms with E-state index in [2.05, 4.69) is 28.1 Å². The van der Waals surface area contributed by atoms with Gasteiger partial charge in [-0.3, -0.25) is 9.59 Å². The third-order valence-electron chi connectivity index (χ3n) is 2.56. The number of fused-ring (bicyclic) bond motifs is 1. The zero-order valence-corrected chi connectivity index (χ0v) is 10.8. The Labute approximate surface area is 114 Å². The van der Waals surface area contributed by atoms with Crippen LogP contribution in [0.25, 0.3) is 10.9 Å². The van der Waals surface area contributed by atoms with Crippen LogP contribution in [0.2, 0.25) is 0 Å². The van der Waals surface area contributed by atoms with Gasteiger partial charge in [0.05, 0.1) is 5.52 Å². The summed E-state index contributed by atoms with van der Waals surface area (Å²) in [5, 5.41) is 11.0. The summed E-state index contributed by atoms with van der Waals surface area (Å²) in [4.78, 5) is 22.9. The number of nitrogens with one attached hydrogen (secondary N) is 1. The van der Waals surface area contributed by atoms with Crippen molar-refractivity contribution in [3.8, 4) is 0 Å². The summed E-state index contributed by atoms with van der Waals surface area (Å²) in [6, 6.07) is 8.07. The quantitative estimate of drug-likeness (QED) is 0.692. The Morgan fingerprint density at radius 3 is 2.74 bits per heavy atom. The first kappa shape index (κ1) is 13.3. The molecule has 19 heavy (non-hydrogen) atoms. The van der Waals surface area contributed by atoms with Crippen molar-refractivity contribution in [1.82, 2.24) is 15.5 Å². The predicted octanol–water partition coefficient (Wildman–Crippen LogP) is 0.143. The van der Waals surface area contributed by atoms with Gasteiger partial charge in [-0.2, -0.15) is 12.6 Å². The van der Waals surface area contributed by atoms with E-state index in [0.717, 1.165) is 5.39 Å². The molecular weight excluding hydrogens is 264 g/mol. The molecule has 0 bridgehead atoms. The van der Waals surface area contributed by atoms with Crippen molar-refractivity contribution >= 4 is 35.3 Å². The van der Waals surface area contributed by atoms with Gasteiger partial charge in [0.25, 0.3) is 5.91 Å². The smallest absolute Gasteiger partial charge is 0.272 e. The Bertz CT molecular complexity index is 632. The SMILES string of the molecule is NC(=O)[C@H](CS)NC(=O)c1cc2ccccc2nn1. The fraction of sp³-hybridized carbons (Fsp3) is 0.167. The van der Waals surface area contributed by atoms with Crippen LogP contribution < -0.4 is 11.1 Å². The minimum absolute atomic E-state index is 0.127. The molecule has 2 rings (SSSR count). The van der Waals surface area contributed by atoms with Crippen LogP contribution >= 0.6 is 12.6 Å². The first-order valence-electron chi connectivity index (χ1n) is 5.55. The maximum absolute atomic E-state index is 11.9. The lowest BCUT2D eigenvalue weighted by molar-refractivity contribution is -0.119. The highest BCUT2D eigenvalue weighted by Crippen LogP contribution is 2.10. The molecule has 2 aromatic rings. The van der Waals surface area contributed by atoms with Gasteiger partial charge in [0.1, 0.15) is 6.04 Å². The van der Waals surface area contributed by atoms with Crippen LogP contribution in [0.1, 0.15) is 10.5 Å². The Kier molecular flexibility index (Phi) is 3.96. The van der Waals surface area contributed by atoms with Crippen molar-refractivity contribution < 1.29 is 9.59 Å². The molecule has 0 saturated heterocycles. The number of hydrogen-bond donors (Lipinski definition) is 3. The Balaban J connectivity index is 2.24. The normalized spacial score (nSPS) is 12.1. The number of nitrogens with zero attached hydrogens (tertiary/aromatic N) is 2. The van der Waals surface area contributed by atoms with Crippen molar-refractivity contribution in [2.75, 3.05) is 5.75 Å². The summed E-state index contributed by atoms with van der Waals surface area (Å²) in [6.45, 7) is 0. The topological polar surface area (TPSA) is 98.0 Å². The third kappa shape index (κ3) is 3.00. The average Bonchev–Trinajstić information content (AvgIpc) is 2.43. The lowest BCUT2D eigenvalue weighted by atomic mass is 10.2. The van der Waals surface area contributed by atoms with Gasteiger partial charge in [0.15, 0.2) is 5.69 Å². The second-order valence-corrected chi connectivity index (χ2v) is 4.26. The summed E-state index contributed by atoms with van der Waals surface area (Å²) >= 11 is 3.95. The molecule has 0 saturated carbocycles. The highest BCUT2D eigenvalue weighted by Gasteiger charge is 2.18. The van der Waals surface area contributed by atoms with Crippen molar-refractivity contribution in [2.24, 2.45) is 5.73 Å². The highest BCUT2D eigenvalue weighted by atomic mass is 32.1. The number of benzene rings is 1. The van der Waals surface area contributed by atoms with E-state index >= 15 is 0 Å². The van der Waals surface area contributed by atoms with E-state index in [4.69, 9.17) is 5.73 Å². The number of thiol groups is 1. The summed E-state index contributed by atoms with van der Waals surface area (Å²) < 4.78 is 0. The van der Waals surface area contributed by atoms with Crippen molar-refractivity contribution in [2.45, 2.75) is 6.04 Å². The fourth-order valence-electron chi connectivity index (χ4n) is 1.53. The molecule has 0 aliphatic rings. The van der Waals surface area contributed by atoms with E-state index in [1.165, 1.54) is 0 Å². The Hall–Kier alpha value is -2.15. The zero-order chi connectivity index (χ0) is 13.8. The van der Waals surface area contributed by atoms with Gasteiger partial charge in [-0.15, -0.1) is 10.2 Å². The number of primary amides is 1.